The topological polar surface area (TPSA) is 55.0 Å². The second-order valence-corrected chi connectivity index (χ2v) is 5.34. The number of rotatable bonds is 7. The number of nitrogens with zero attached hydrogens (tertiary/aromatic N) is 2. The number of aromatic nitrogens is 1. The zero-order valence-electron chi connectivity index (χ0n) is 13.7. The van der Waals surface area contributed by atoms with Crippen LogP contribution in [0.1, 0.15) is 38.7 Å². The van der Waals surface area contributed by atoms with E-state index in [9.17, 15) is 4.79 Å². The lowest BCUT2D eigenvalue weighted by atomic mass is 10.1. The fourth-order valence-corrected chi connectivity index (χ4v) is 2.60. The summed E-state index contributed by atoms with van der Waals surface area (Å²) in [6.45, 7) is 5.23. The second-order valence-electron chi connectivity index (χ2n) is 5.34. The highest BCUT2D eigenvalue weighted by molar-refractivity contribution is 5.68. The van der Waals surface area contributed by atoms with Crippen LogP contribution in [0.3, 0.4) is 0 Å². The van der Waals surface area contributed by atoms with Crippen molar-refractivity contribution in [1.29, 1.82) is 5.26 Å². The van der Waals surface area contributed by atoms with E-state index in [1.54, 1.807) is 10.6 Å². The Morgan fingerprint density at radius 2 is 1.91 bits per heavy atom. The van der Waals surface area contributed by atoms with Crippen LogP contribution in [0.2, 0.25) is 0 Å². The number of nitriles is 1. The van der Waals surface area contributed by atoms with Gasteiger partial charge in [0.1, 0.15) is 17.4 Å². The largest absolute Gasteiger partial charge is 0.493 e. The molecule has 120 valence electrons. The van der Waals surface area contributed by atoms with Crippen molar-refractivity contribution >= 4 is 0 Å². The lowest BCUT2D eigenvalue weighted by Gasteiger charge is -2.16. The van der Waals surface area contributed by atoms with Crippen molar-refractivity contribution in [2.75, 3.05) is 6.61 Å². The highest BCUT2D eigenvalue weighted by Crippen LogP contribution is 2.29. The van der Waals surface area contributed by atoms with Gasteiger partial charge in [0.15, 0.2) is 0 Å². The van der Waals surface area contributed by atoms with Gasteiger partial charge in [-0.05, 0) is 37.6 Å². The highest BCUT2D eigenvalue weighted by Gasteiger charge is 2.13. The number of pyridine rings is 1. The molecule has 1 heterocycles. The predicted octanol–water partition coefficient (Wildman–Crippen LogP) is 3.98. The second kappa shape index (κ2) is 8.19. The summed E-state index contributed by atoms with van der Waals surface area (Å²) < 4.78 is 7.39. The molecule has 0 amide bonds. The van der Waals surface area contributed by atoms with Crippen LogP contribution in [-0.2, 0) is 6.54 Å². The molecule has 1 aromatic heterocycles. The molecule has 0 unspecified atom stereocenters. The van der Waals surface area contributed by atoms with E-state index in [-0.39, 0.29) is 11.1 Å². The number of unbranched alkanes of at least 4 members (excludes halogenated alkanes) is 2. The molecule has 0 atom stereocenters. The van der Waals surface area contributed by atoms with Gasteiger partial charge in [-0.25, -0.2) is 0 Å². The summed E-state index contributed by atoms with van der Waals surface area (Å²) in [4.78, 5) is 12.6. The molecule has 0 radical (unpaired) electrons. The van der Waals surface area contributed by atoms with E-state index in [1.807, 2.05) is 43.3 Å². The van der Waals surface area contributed by atoms with Gasteiger partial charge in [-0.15, -0.1) is 0 Å². The van der Waals surface area contributed by atoms with Gasteiger partial charge in [0.25, 0.3) is 5.56 Å². The molecule has 23 heavy (non-hydrogen) atoms. The molecule has 4 heteroatoms. The Morgan fingerprint density at radius 3 is 2.61 bits per heavy atom. The maximum Gasteiger partial charge on any atom is 0.268 e. The lowest BCUT2D eigenvalue weighted by molar-refractivity contribution is 0.341. The fraction of sp³-hybridized carbons (Fsp3) is 0.368. The van der Waals surface area contributed by atoms with E-state index in [0.717, 1.165) is 36.3 Å². The molecule has 0 saturated carbocycles. The van der Waals surface area contributed by atoms with Crippen LogP contribution >= 0.6 is 0 Å². The van der Waals surface area contributed by atoms with Crippen molar-refractivity contribution in [1.82, 2.24) is 4.57 Å². The van der Waals surface area contributed by atoms with Crippen molar-refractivity contribution < 1.29 is 4.74 Å². The minimum Gasteiger partial charge on any atom is -0.493 e. The van der Waals surface area contributed by atoms with Gasteiger partial charge in [-0.2, -0.15) is 5.26 Å². The normalized spacial score (nSPS) is 10.3. The van der Waals surface area contributed by atoms with Crippen molar-refractivity contribution in [2.45, 2.75) is 39.7 Å². The zero-order valence-corrected chi connectivity index (χ0v) is 13.7. The van der Waals surface area contributed by atoms with Crippen LogP contribution in [-0.4, -0.2) is 11.2 Å². The average molecular weight is 310 g/mol. The summed E-state index contributed by atoms with van der Waals surface area (Å²) in [7, 11) is 0. The predicted molar refractivity (Wildman–Crippen MR) is 91.5 cm³/mol. The van der Waals surface area contributed by atoms with Gasteiger partial charge >= 0.3 is 0 Å². The molecule has 0 bridgehead atoms. The lowest BCUT2D eigenvalue weighted by Crippen LogP contribution is -2.24. The van der Waals surface area contributed by atoms with E-state index in [0.29, 0.717) is 13.2 Å². The summed E-state index contributed by atoms with van der Waals surface area (Å²) >= 11 is 0. The molecule has 0 spiro atoms. The zero-order chi connectivity index (χ0) is 16.7. The summed E-state index contributed by atoms with van der Waals surface area (Å²) in [5.74, 6) is 0.753. The monoisotopic (exact) mass is 310 g/mol. The van der Waals surface area contributed by atoms with Crippen LogP contribution in [0.5, 0.6) is 5.75 Å². The first-order chi connectivity index (χ1) is 11.2. The third-order valence-electron chi connectivity index (χ3n) is 3.74. The molecule has 2 rings (SSSR count). The Labute approximate surface area is 137 Å². The van der Waals surface area contributed by atoms with Crippen LogP contribution in [0.25, 0.3) is 11.3 Å². The van der Waals surface area contributed by atoms with Crippen molar-refractivity contribution in [3.8, 4) is 23.1 Å². The standard InChI is InChI=1S/C19H22N2O2/c1-3-5-8-13-21-17(12-11-15(14-20)19(21)22)16-9-6-7-10-18(16)23-4-2/h6-7,9-12H,3-5,8,13H2,1-2H3. The minimum atomic E-state index is -0.229. The van der Waals surface area contributed by atoms with E-state index in [2.05, 4.69) is 6.92 Å². The van der Waals surface area contributed by atoms with Crippen LogP contribution in [0.15, 0.2) is 41.2 Å². The number of benzene rings is 1. The van der Waals surface area contributed by atoms with Gasteiger partial charge in [-0.1, -0.05) is 31.9 Å². The Bertz CT molecular complexity index is 757. The number of para-hydroxylation sites is 1. The molecule has 0 saturated heterocycles. The van der Waals surface area contributed by atoms with Crippen LogP contribution in [0.4, 0.5) is 0 Å². The molecule has 0 aliphatic carbocycles. The summed E-state index contributed by atoms with van der Waals surface area (Å²) in [5, 5.41) is 9.13. The Morgan fingerprint density at radius 1 is 1.13 bits per heavy atom. The molecular formula is C19H22N2O2. The van der Waals surface area contributed by atoms with E-state index >= 15 is 0 Å². The first-order valence-corrected chi connectivity index (χ1v) is 8.09. The molecule has 4 nitrogen and oxygen atoms in total. The van der Waals surface area contributed by atoms with Crippen molar-refractivity contribution in [2.24, 2.45) is 0 Å². The van der Waals surface area contributed by atoms with Crippen molar-refractivity contribution in [3.05, 3.63) is 52.3 Å². The number of ether oxygens (including phenoxy) is 1. The molecule has 0 aliphatic heterocycles. The molecule has 2 aromatic rings. The fourth-order valence-electron chi connectivity index (χ4n) is 2.60. The van der Waals surface area contributed by atoms with Crippen molar-refractivity contribution in [3.63, 3.8) is 0 Å². The maximum absolute atomic E-state index is 12.6. The molecule has 0 aliphatic rings. The number of hydrogen-bond acceptors (Lipinski definition) is 3. The quantitative estimate of drug-likeness (QED) is 0.727. The van der Waals surface area contributed by atoms with E-state index in [4.69, 9.17) is 10.00 Å². The highest BCUT2D eigenvalue weighted by atomic mass is 16.5. The van der Waals surface area contributed by atoms with Gasteiger partial charge in [-0.3, -0.25) is 4.79 Å². The van der Waals surface area contributed by atoms with Gasteiger partial charge in [0, 0.05) is 12.1 Å². The Hall–Kier alpha value is -2.54. The smallest absolute Gasteiger partial charge is 0.268 e. The summed E-state index contributed by atoms with van der Waals surface area (Å²) in [6.07, 6.45) is 3.04. The average Bonchev–Trinajstić information content (AvgIpc) is 2.57. The third-order valence-corrected chi connectivity index (χ3v) is 3.74. The van der Waals surface area contributed by atoms with Crippen LogP contribution < -0.4 is 10.3 Å². The van der Waals surface area contributed by atoms with Gasteiger partial charge < -0.3 is 9.30 Å². The number of hydrogen-bond donors (Lipinski definition) is 0. The van der Waals surface area contributed by atoms with Gasteiger partial charge in [0.2, 0.25) is 0 Å². The first kappa shape index (κ1) is 16.8. The Kier molecular flexibility index (Phi) is 5.99. The molecule has 1 aromatic carbocycles. The first-order valence-electron chi connectivity index (χ1n) is 8.09. The molecular weight excluding hydrogens is 288 g/mol. The summed E-state index contributed by atoms with van der Waals surface area (Å²) in [6, 6.07) is 13.1. The molecule has 0 fully saturated rings. The van der Waals surface area contributed by atoms with E-state index < -0.39 is 0 Å². The maximum atomic E-state index is 12.6. The van der Waals surface area contributed by atoms with E-state index in [1.165, 1.54) is 0 Å². The Balaban J connectivity index is 2.56. The van der Waals surface area contributed by atoms with Gasteiger partial charge in [0.05, 0.1) is 12.3 Å². The molecule has 0 N–H and O–H groups in total. The third kappa shape index (κ3) is 3.81. The minimum absolute atomic E-state index is 0.180. The summed E-state index contributed by atoms with van der Waals surface area (Å²) in [5.41, 5.74) is 1.63. The van der Waals surface area contributed by atoms with Crippen LogP contribution in [0, 0.1) is 11.3 Å². The SMILES string of the molecule is CCCCCn1c(-c2ccccc2OCC)ccc(C#N)c1=O.